The predicted octanol–water partition coefficient (Wildman–Crippen LogP) is 2.79. The molecule has 0 aromatic heterocycles. The molecule has 0 radical (unpaired) electrons. The Morgan fingerprint density at radius 1 is 1.14 bits per heavy atom. The highest BCUT2D eigenvalue weighted by molar-refractivity contribution is 8.03. The van der Waals surface area contributed by atoms with Crippen LogP contribution in [0.15, 0.2) is 51.8 Å². The summed E-state index contributed by atoms with van der Waals surface area (Å²) in [5, 5.41) is 19.6. The summed E-state index contributed by atoms with van der Waals surface area (Å²) in [4.78, 5) is 14.7. The third kappa shape index (κ3) is 2.59. The van der Waals surface area contributed by atoms with Crippen LogP contribution >= 0.6 is 11.8 Å². The Hall–Kier alpha value is -1.36. The van der Waals surface area contributed by atoms with Crippen LogP contribution in [0.3, 0.4) is 0 Å². The summed E-state index contributed by atoms with van der Waals surface area (Å²) in [5.41, 5.74) is 1.60. The minimum atomic E-state index is -1.00. The van der Waals surface area contributed by atoms with Crippen molar-refractivity contribution >= 4 is 17.5 Å². The molecule has 3 unspecified atom stereocenters. The maximum absolute atomic E-state index is 12.9. The molecular weight excluding hydrogens is 284 g/mol. The molecule has 110 valence electrons. The number of hydrogen-bond donors (Lipinski definition) is 2. The van der Waals surface area contributed by atoms with Gasteiger partial charge in [0.1, 0.15) is 12.2 Å². The van der Waals surface area contributed by atoms with Crippen LogP contribution < -0.4 is 0 Å². The van der Waals surface area contributed by atoms with E-state index in [1.807, 2.05) is 24.3 Å². The van der Waals surface area contributed by atoms with Crippen molar-refractivity contribution in [2.75, 3.05) is 0 Å². The summed E-state index contributed by atoms with van der Waals surface area (Å²) in [6.07, 6.45) is 2.86. The molecule has 1 heterocycles. The molecule has 3 nitrogen and oxygen atoms in total. The molecule has 3 atom stereocenters. The Kier molecular flexibility index (Phi) is 4.02. The molecule has 0 bridgehead atoms. The number of thioether (sulfide) groups is 1. The van der Waals surface area contributed by atoms with E-state index in [1.54, 1.807) is 6.08 Å². The molecule has 1 aromatic rings. The smallest absolute Gasteiger partial charge is 0.171 e. The zero-order valence-corrected chi connectivity index (χ0v) is 12.6. The zero-order valence-electron chi connectivity index (χ0n) is 11.8. The van der Waals surface area contributed by atoms with Crippen molar-refractivity contribution in [1.82, 2.24) is 0 Å². The SMILES string of the molecule is CCCC1C(=O)C2=CC(O)C(O)C=C2Sc2ccccc21. The van der Waals surface area contributed by atoms with Crippen LogP contribution in [0.25, 0.3) is 0 Å². The highest BCUT2D eigenvalue weighted by Gasteiger charge is 2.34. The van der Waals surface area contributed by atoms with Gasteiger partial charge in [-0.25, -0.2) is 0 Å². The second kappa shape index (κ2) is 5.79. The summed E-state index contributed by atoms with van der Waals surface area (Å²) >= 11 is 1.50. The Balaban J connectivity index is 2.13. The van der Waals surface area contributed by atoms with Crippen molar-refractivity contribution < 1.29 is 15.0 Å². The molecule has 0 saturated heterocycles. The van der Waals surface area contributed by atoms with Gasteiger partial charge < -0.3 is 10.2 Å². The first-order valence-electron chi connectivity index (χ1n) is 7.23. The third-order valence-corrected chi connectivity index (χ3v) is 5.12. The van der Waals surface area contributed by atoms with Gasteiger partial charge in [0.25, 0.3) is 0 Å². The van der Waals surface area contributed by atoms with E-state index in [4.69, 9.17) is 0 Å². The number of aliphatic hydroxyl groups is 2. The van der Waals surface area contributed by atoms with Gasteiger partial charge in [0.15, 0.2) is 5.78 Å². The monoisotopic (exact) mass is 302 g/mol. The van der Waals surface area contributed by atoms with Crippen LogP contribution in [0.4, 0.5) is 0 Å². The summed E-state index contributed by atoms with van der Waals surface area (Å²) < 4.78 is 0. The van der Waals surface area contributed by atoms with Gasteiger partial charge in [0.05, 0.1) is 0 Å². The third-order valence-electron chi connectivity index (χ3n) is 3.95. The quantitative estimate of drug-likeness (QED) is 0.882. The van der Waals surface area contributed by atoms with E-state index < -0.39 is 12.2 Å². The standard InChI is InChI=1S/C17H18O3S/c1-2-5-11-10-6-3-4-7-15(10)21-16-9-14(19)13(18)8-12(16)17(11)20/h3-4,6-9,11,13-14,18-19H,2,5H2,1H3. The first kappa shape index (κ1) is 14.6. The maximum atomic E-state index is 12.9. The Bertz CT molecular complexity index is 633. The maximum Gasteiger partial charge on any atom is 0.171 e. The lowest BCUT2D eigenvalue weighted by Crippen LogP contribution is -2.27. The molecule has 0 spiro atoms. The lowest BCUT2D eigenvalue weighted by atomic mass is 9.85. The topological polar surface area (TPSA) is 57.5 Å². The Morgan fingerprint density at radius 3 is 2.62 bits per heavy atom. The van der Waals surface area contributed by atoms with Crippen LogP contribution in [-0.4, -0.2) is 28.2 Å². The van der Waals surface area contributed by atoms with Gasteiger partial charge in [-0.1, -0.05) is 43.3 Å². The van der Waals surface area contributed by atoms with E-state index in [1.165, 1.54) is 17.8 Å². The van der Waals surface area contributed by atoms with Crippen molar-refractivity contribution in [2.45, 2.75) is 42.8 Å². The van der Waals surface area contributed by atoms with Crippen molar-refractivity contribution in [2.24, 2.45) is 0 Å². The molecule has 1 aliphatic carbocycles. The number of fused-ring (bicyclic) bond motifs is 2. The van der Waals surface area contributed by atoms with E-state index in [-0.39, 0.29) is 11.7 Å². The Labute approximate surface area is 128 Å². The lowest BCUT2D eigenvalue weighted by Gasteiger charge is -2.21. The van der Waals surface area contributed by atoms with Crippen molar-refractivity contribution in [3.05, 3.63) is 52.5 Å². The number of Topliss-reactive ketones (excluding diaryl/α,β-unsaturated/α-hetero) is 1. The van der Waals surface area contributed by atoms with Gasteiger partial charge in [-0.3, -0.25) is 4.79 Å². The fourth-order valence-electron chi connectivity index (χ4n) is 2.87. The number of allylic oxidation sites excluding steroid dienone is 1. The number of rotatable bonds is 2. The van der Waals surface area contributed by atoms with Gasteiger partial charge in [0, 0.05) is 21.3 Å². The summed E-state index contributed by atoms with van der Waals surface area (Å²) in [5.74, 6) is -0.121. The van der Waals surface area contributed by atoms with Crippen LogP contribution in [0.5, 0.6) is 0 Å². The van der Waals surface area contributed by atoms with E-state index >= 15 is 0 Å². The van der Waals surface area contributed by atoms with Crippen LogP contribution in [0, 0.1) is 0 Å². The van der Waals surface area contributed by atoms with Gasteiger partial charge in [-0.05, 0) is 30.2 Å². The predicted molar refractivity (Wildman–Crippen MR) is 83.1 cm³/mol. The molecule has 1 aliphatic heterocycles. The van der Waals surface area contributed by atoms with E-state index in [9.17, 15) is 15.0 Å². The number of aliphatic hydroxyl groups excluding tert-OH is 2. The summed E-state index contributed by atoms with van der Waals surface area (Å²) in [6, 6.07) is 7.93. The molecule has 0 amide bonds. The molecule has 4 heteroatoms. The van der Waals surface area contributed by atoms with Gasteiger partial charge in [-0.2, -0.15) is 0 Å². The molecule has 1 aromatic carbocycles. The number of hydrogen-bond acceptors (Lipinski definition) is 4. The van der Waals surface area contributed by atoms with Crippen LogP contribution in [0.2, 0.25) is 0 Å². The Morgan fingerprint density at radius 2 is 1.86 bits per heavy atom. The van der Waals surface area contributed by atoms with Crippen molar-refractivity contribution in [1.29, 1.82) is 0 Å². The lowest BCUT2D eigenvalue weighted by molar-refractivity contribution is -0.117. The minimum Gasteiger partial charge on any atom is -0.386 e. The average molecular weight is 302 g/mol. The fraction of sp³-hybridized carbons (Fsp3) is 0.353. The molecular formula is C17H18O3S. The van der Waals surface area contributed by atoms with Gasteiger partial charge in [0.2, 0.25) is 0 Å². The fourth-order valence-corrected chi connectivity index (χ4v) is 4.07. The molecule has 2 aliphatic rings. The van der Waals surface area contributed by atoms with Crippen LogP contribution in [0.1, 0.15) is 31.2 Å². The first-order valence-corrected chi connectivity index (χ1v) is 8.04. The van der Waals surface area contributed by atoms with Crippen LogP contribution in [-0.2, 0) is 4.79 Å². The number of carbonyl (C=O) groups excluding carboxylic acids is 1. The summed E-state index contributed by atoms with van der Waals surface area (Å²) in [6.45, 7) is 2.07. The van der Waals surface area contributed by atoms with E-state index in [0.29, 0.717) is 5.57 Å². The second-order valence-electron chi connectivity index (χ2n) is 5.44. The zero-order chi connectivity index (χ0) is 15.0. The largest absolute Gasteiger partial charge is 0.386 e. The second-order valence-corrected chi connectivity index (χ2v) is 6.52. The van der Waals surface area contributed by atoms with Crippen molar-refractivity contribution in [3.63, 3.8) is 0 Å². The average Bonchev–Trinajstić information content (AvgIpc) is 2.58. The number of benzene rings is 1. The summed E-state index contributed by atoms with van der Waals surface area (Å²) in [7, 11) is 0. The highest BCUT2D eigenvalue weighted by Crippen LogP contribution is 2.45. The first-order chi connectivity index (χ1) is 10.1. The van der Waals surface area contributed by atoms with E-state index in [0.717, 1.165) is 28.2 Å². The highest BCUT2D eigenvalue weighted by atomic mass is 32.2. The minimum absolute atomic E-state index is 0.0477. The normalized spacial score (nSPS) is 28.1. The van der Waals surface area contributed by atoms with Gasteiger partial charge >= 0.3 is 0 Å². The molecule has 2 N–H and O–H groups in total. The van der Waals surface area contributed by atoms with Crippen molar-refractivity contribution in [3.8, 4) is 0 Å². The molecule has 0 fully saturated rings. The van der Waals surface area contributed by atoms with Gasteiger partial charge in [-0.15, -0.1) is 0 Å². The molecule has 0 saturated carbocycles. The number of ketones is 1. The molecule has 21 heavy (non-hydrogen) atoms. The van der Waals surface area contributed by atoms with E-state index in [2.05, 4.69) is 6.92 Å². The molecule has 3 rings (SSSR count). The number of carbonyl (C=O) groups is 1.